The van der Waals surface area contributed by atoms with Crippen molar-refractivity contribution in [1.29, 1.82) is 0 Å². The second-order valence-electron chi connectivity index (χ2n) is 5.91. The molecule has 0 fully saturated rings. The molecule has 0 spiro atoms. The van der Waals surface area contributed by atoms with Crippen molar-refractivity contribution in [1.82, 2.24) is 15.0 Å². The number of thiophene rings is 1. The van der Waals surface area contributed by atoms with Gasteiger partial charge in [0, 0.05) is 28.4 Å². The van der Waals surface area contributed by atoms with E-state index in [9.17, 15) is 9.59 Å². The van der Waals surface area contributed by atoms with Gasteiger partial charge < -0.3 is 10.3 Å². The van der Waals surface area contributed by atoms with E-state index in [2.05, 4.69) is 20.3 Å². The molecule has 0 radical (unpaired) electrons. The number of aromatic nitrogens is 3. The minimum absolute atomic E-state index is 0.222. The van der Waals surface area contributed by atoms with E-state index in [0.29, 0.717) is 32.8 Å². The first-order valence-corrected chi connectivity index (χ1v) is 10.3. The lowest BCUT2D eigenvalue weighted by Gasteiger charge is -2.06. The molecule has 0 aliphatic rings. The average molecular weight is 429 g/mol. The first-order valence-electron chi connectivity index (χ1n) is 8.19. The lowest BCUT2D eigenvalue weighted by molar-refractivity contribution is 0.102. The fourth-order valence-corrected chi connectivity index (χ4v) is 4.49. The number of benzene rings is 1. The predicted octanol–water partition coefficient (Wildman–Crippen LogP) is 4.84. The van der Waals surface area contributed by atoms with Gasteiger partial charge in [-0.15, -0.1) is 22.7 Å². The first kappa shape index (κ1) is 18.5. The summed E-state index contributed by atoms with van der Waals surface area (Å²) in [5.74, 6) is 0.139. The van der Waals surface area contributed by atoms with Gasteiger partial charge in [0.15, 0.2) is 0 Å². The van der Waals surface area contributed by atoms with Gasteiger partial charge in [0.1, 0.15) is 16.5 Å². The summed E-state index contributed by atoms with van der Waals surface area (Å²) >= 11 is 8.77. The number of halogens is 1. The molecular weight excluding hydrogens is 416 g/mol. The maximum absolute atomic E-state index is 12.6. The van der Waals surface area contributed by atoms with E-state index in [0.717, 1.165) is 9.88 Å². The van der Waals surface area contributed by atoms with Gasteiger partial charge >= 0.3 is 0 Å². The molecule has 9 heteroatoms. The van der Waals surface area contributed by atoms with Gasteiger partial charge in [0.05, 0.1) is 9.21 Å². The zero-order valence-electron chi connectivity index (χ0n) is 14.5. The third-order valence-electron chi connectivity index (χ3n) is 3.78. The quantitative estimate of drug-likeness (QED) is 0.487. The Morgan fingerprint density at radius 1 is 1.18 bits per heavy atom. The van der Waals surface area contributed by atoms with Gasteiger partial charge in [-0.1, -0.05) is 23.7 Å². The summed E-state index contributed by atoms with van der Waals surface area (Å²) in [6, 6.07) is 12.2. The first-order chi connectivity index (χ1) is 13.5. The topological polar surface area (TPSA) is 87.7 Å². The van der Waals surface area contributed by atoms with E-state index < -0.39 is 0 Å². The number of nitrogens with zero attached hydrogens (tertiary/aromatic N) is 2. The number of thiazole rings is 1. The van der Waals surface area contributed by atoms with Crippen molar-refractivity contribution in [2.75, 3.05) is 5.32 Å². The number of carbonyl (C=O) groups excluding carboxylic acids is 1. The largest absolute Gasteiger partial charge is 0.321 e. The fraction of sp³-hybridized carbons (Fsp3) is 0.0526. The maximum Gasteiger partial charge on any atom is 0.275 e. The number of hydrogen-bond acceptors (Lipinski definition) is 6. The Labute approximate surface area is 172 Å². The van der Waals surface area contributed by atoms with Gasteiger partial charge in [-0.05, 0) is 31.2 Å². The summed E-state index contributed by atoms with van der Waals surface area (Å²) in [6.07, 6.45) is 0. The maximum atomic E-state index is 12.6. The Morgan fingerprint density at radius 2 is 2.04 bits per heavy atom. The highest BCUT2D eigenvalue weighted by molar-refractivity contribution is 7.23. The summed E-state index contributed by atoms with van der Waals surface area (Å²) in [5, 5.41) is 5.29. The zero-order valence-corrected chi connectivity index (χ0v) is 16.9. The van der Waals surface area contributed by atoms with Crippen molar-refractivity contribution in [3.05, 3.63) is 73.9 Å². The van der Waals surface area contributed by atoms with Crippen LogP contribution in [-0.4, -0.2) is 20.9 Å². The van der Waals surface area contributed by atoms with Crippen LogP contribution in [0, 0.1) is 6.92 Å². The summed E-state index contributed by atoms with van der Waals surface area (Å²) in [7, 11) is 0. The van der Waals surface area contributed by atoms with E-state index in [-0.39, 0.29) is 11.5 Å². The predicted molar refractivity (Wildman–Crippen MR) is 113 cm³/mol. The number of aryl methyl sites for hydroxylation is 1. The SMILES string of the molecule is Cc1cc(=O)[nH]c(-c2cccc(NC(=O)c3csc(-c4ccc(Cl)s4)n3)c2)n1. The molecule has 3 heterocycles. The van der Waals surface area contributed by atoms with Crippen LogP contribution in [0.2, 0.25) is 4.34 Å². The summed E-state index contributed by atoms with van der Waals surface area (Å²) in [6.45, 7) is 1.75. The third kappa shape index (κ3) is 4.04. The van der Waals surface area contributed by atoms with Crippen molar-refractivity contribution in [2.24, 2.45) is 0 Å². The fourth-order valence-electron chi connectivity index (χ4n) is 2.58. The molecule has 2 N–H and O–H groups in total. The van der Waals surface area contributed by atoms with Gasteiger partial charge in [-0.3, -0.25) is 9.59 Å². The highest BCUT2D eigenvalue weighted by Crippen LogP contribution is 2.33. The Kier molecular flexibility index (Phi) is 5.08. The van der Waals surface area contributed by atoms with Crippen LogP contribution in [-0.2, 0) is 0 Å². The van der Waals surface area contributed by atoms with Crippen LogP contribution in [0.3, 0.4) is 0 Å². The lowest BCUT2D eigenvalue weighted by atomic mass is 10.2. The molecular formula is C19H13ClN4O2S2. The van der Waals surface area contributed by atoms with Crippen LogP contribution in [0.25, 0.3) is 21.3 Å². The summed E-state index contributed by atoms with van der Waals surface area (Å²) in [5.41, 5.74) is 2.01. The monoisotopic (exact) mass is 428 g/mol. The molecule has 4 rings (SSSR count). The van der Waals surface area contributed by atoms with Crippen molar-refractivity contribution < 1.29 is 4.79 Å². The van der Waals surface area contributed by atoms with E-state index in [1.54, 1.807) is 36.6 Å². The summed E-state index contributed by atoms with van der Waals surface area (Å²) < 4.78 is 0.677. The Morgan fingerprint density at radius 3 is 2.79 bits per heavy atom. The minimum atomic E-state index is -0.312. The Bertz CT molecular complexity index is 1230. The molecule has 0 aliphatic heterocycles. The highest BCUT2D eigenvalue weighted by atomic mass is 35.5. The smallest absolute Gasteiger partial charge is 0.275 e. The van der Waals surface area contributed by atoms with E-state index in [1.807, 2.05) is 12.1 Å². The molecule has 28 heavy (non-hydrogen) atoms. The number of aromatic amines is 1. The van der Waals surface area contributed by atoms with Crippen molar-refractivity contribution >= 4 is 45.9 Å². The summed E-state index contributed by atoms with van der Waals surface area (Å²) in [4.78, 5) is 36.6. The van der Waals surface area contributed by atoms with Crippen LogP contribution < -0.4 is 10.9 Å². The van der Waals surface area contributed by atoms with Crippen LogP contribution in [0.15, 0.2) is 52.6 Å². The molecule has 1 aromatic carbocycles. The van der Waals surface area contributed by atoms with Crippen LogP contribution in [0.1, 0.15) is 16.2 Å². The minimum Gasteiger partial charge on any atom is -0.321 e. The molecule has 4 aromatic rings. The molecule has 140 valence electrons. The van der Waals surface area contributed by atoms with Crippen LogP contribution >= 0.6 is 34.3 Å². The third-order valence-corrected chi connectivity index (χ3v) is 6.03. The number of nitrogens with one attached hydrogen (secondary N) is 2. The number of amides is 1. The van der Waals surface area contributed by atoms with Gasteiger partial charge in [0.2, 0.25) is 0 Å². The van der Waals surface area contributed by atoms with Crippen molar-refractivity contribution in [2.45, 2.75) is 6.92 Å². The van der Waals surface area contributed by atoms with Gasteiger partial charge in [0.25, 0.3) is 11.5 Å². The second kappa shape index (κ2) is 7.67. The molecule has 3 aromatic heterocycles. The molecule has 0 bridgehead atoms. The van der Waals surface area contributed by atoms with Crippen molar-refractivity contribution in [3.8, 4) is 21.3 Å². The van der Waals surface area contributed by atoms with Gasteiger partial charge in [-0.25, -0.2) is 9.97 Å². The number of anilines is 1. The van der Waals surface area contributed by atoms with Crippen LogP contribution in [0.5, 0.6) is 0 Å². The molecule has 0 aliphatic carbocycles. The molecule has 0 saturated heterocycles. The lowest BCUT2D eigenvalue weighted by Crippen LogP contribution is -2.12. The zero-order chi connectivity index (χ0) is 19.7. The van der Waals surface area contributed by atoms with E-state index in [1.165, 1.54) is 28.7 Å². The molecule has 0 saturated carbocycles. The van der Waals surface area contributed by atoms with Crippen molar-refractivity contribution in [3.63, 3.8) is 0 Å². The van der Waals surface area contributed by atoms with Gasteiger partial charge in [-0.2, -0.15) is 0 Å². The normalized spacial score (nSPS) is 10.8. The molecule has 0 atom stereocenters. The van der Waals surface area contributed by atoms with E-state index in [4.69, 9.17) is 11.6 Å². The number of rotatable bonds is 4. The standard InChI is InChI=1S/C19H13ClN4O2S2/c1-10-7-16(25)24-17(21-10)11-3-2-4-12(8-11)22-18(26)13-9-27-19(23-13)14-5-6-15(20)28-14/h2-9H,1H3,(H,22,26)(H,21,24,25). The molecule has 1 amide bonds. The Balaban J connectivity index is 1.55. The number of hydrogen-bond donors (Lipinski definition) is 2. The second-order valence-corrected chi connectivity index (χ2v) is 8.49. The molecule has 6 nitrogen and oxygen atoms in total. The molecule has 0 unspecified atom stereocenters. The highest BCUT2D eigenvalue weighted by Gasteiger charge is 2.14. The Hall–Kier alpha value is -2.81. The average Bonchev–Trinajstić information content (AvgIpc) is 3.30. The van der Waals surface area contributed by atoms with Crippen LogP contribution in [0.4, 0.5) is 5.69 Å². The number of H-pyrrole nitrogens is 1. The number of carbonyl (C=O) groups is 1. The van der Waals surface area contributed by atoms with E-state index >= 15 is 0 Å².